The molecule has 0 radical (unpaired) electrons. The summed E-state index contributed by atoms with van der Waals surface area (Å²) in [5.74, 6) is 0.169. The number of carbonyl (C=O) groups is 1. The van der Waals surface area contributed by atoms with E-state index >= 15 is 0 Å². The number of halogens is 2. The van der Waals surface area contributed by atoms with Crippen LogP contribution in [0.1, 0.15) is 12.5 Å². The zero-order valence-electron chi connectivity index (χ0n) is 11.8. The van der Waals surface area contributed by atoms with Crippen LogP contribution >= 0.6 is 23.2 Å². The summed E-state index contributed by atoms with van der Waals surface area (Å²) in [6.07, 6.45) is 0.834. The third-order valence-electron chi connectivity index (χ3n) is 2.74. The zero-order chi connectivity index (χ0) is 15.9. The number of carbonyl (C=O) groups excluding carboxylic acids is 1. The second kappa shape index (κ2) is 7.82. The first-order valence-corrected chi connectivity index (χ1v) is 7.31. The first-order chi connectivity index (χ1) is 10.5. The van der Waals surface area contributed by atoms with E-state index < -0.39 is 6.10 Å². The number of nitrogens with zero attached hydrogens (tertiary/aromatic N) is 1. The number of rotatable bonds is 5. The van der Waals surface area contributed by atoms with Gasteiger partial charge in [-0.05, 0) is 42.8 Å². The average molecular weight is 337 g/mol. The van der Waals surface area contributed by atoms with Crippen molar-refractivity contribution in [2.24, 2.45) is 5.10 Å². The summed E-state index contributed by atoms with van der Waals surface area (Å²) in [4.78, 5) is 11.9. The van der Waals surface area contributed by atoms with Crippen LogP contribution in [0.2, 0.25) is 10.0 Å². The largest absolute Gasteiger partial charge is 0.481 e. The predicted molar refractivity (Wildman–Crippen MR) is 88.7 cm³/mol. The fraction of sp³-hybridized carbons (Fsp3) is 0.125. The van der Waals surface area contributed by atoms with Crippen LogP contribution in [0.5, 0.6) is 5.75 Å². The van der Waals surface area contributed by atoms with Gasteiger partial charge >= 0.3 is 0 Å². The maximum absolute atomic E-state index is 11.9. The second-order valence-corrected chi connectivity index (χ2v) is 5.38. The molecule has 6 heteroatoms. The maximum atomic E-state index is 11.9. The third-order valence-corrected chi connectivity index (χ3v) is 3.22. The van der Waals surface area contributed by atoms with Gasteiger partial charge in [0.25, 0.3) is 5.91 Å². The molecule has 0 aliphatic carbocycles. The third kappa shape index (κ3) is 5.06. The molecule has 0 aliphatic rings. The Kier molecular flexibility index (Phi) is 5.81. The lowest BCUT2D eigenvalue weighted by molar-refractivity contribution is -0.127. The van der Waals surface area contributed by atoms with E-state index in [-0.39, 0.29) is 5.91 Å². The molecule has 4 nitrogen and oxygen atoms in total. The van der Waals surface area contributed by atoms with Crippen molar-refractivity contribution < 1.29 is 9.53 Å². The van der Waals surface area contributed by atoms with Gasteiger partial charge in [0.1, 0.15) is 5.75 Å². The molecule has 0 spiro atoms. The van der Waals surface area contributed by atoms with Crippen LogP contribution in [0, 0.1) is 0 Å². The zero-order valence-corrected chi connectivity index (χ0v) is 13.3. The lowest BCUT2D eigenvalue weighted by Crippen LogP contribution is -2.33. The number of hydrogen-bond acceptors (Lipinski definition) is 3. The average Bonchev–Trinajstić information content (AvgIpc) is 2.49. The van der Waals surface area contributed by atoms with Gasteiger partial charge in [-0.3, -0.25) is 4.79 Å². The van der Waals surface area contributed by atoms with Crippen LogP contribution in [0.4, 0.5) is 0 Å². The highest BCUT2D eigenvalue weighted by Crippen LogP contribution is 2.18. The number of hydrogen-bond donors (Lipinski definition) is 1. The minimum Gasteiger partial charge on any atom is -0.481 e. The summed E-state index contributed by atoms with van der Waals surface area (Å²) in [5.41, 5.74) is 3.25. The van der Waals surface area contributed by atoms with Crippen LogP contribution in [-0.4, -0.2) is 18.2 Å². The van der Waals surface area contributed by atoms with Crippen molar-refractivity contribution in [3.05, 3.63) is 64.1 Å². The Morgan fingerprint density at radius 3 is 2.59 bits per heavy atom. The number of nitrogens with one attached hydrogen (secondary N) is 1. The molecule has 114 valence electrons. The molecule has 1 atom stereocenters. The number of amides is 1. The lowest BCUT2D eigenvalue weighted by Gasteiger charge is -2.12. The van der Waals surface area contributed by atoms with Crippen LogP contribution < -0.4 is 10.2 Å². The van der Waals surface area contributed by atoms with Gasteiger partial charge < -0.3 is 4.74 Å². The fourth-order valence-corrected chi connectivity index (χ4v) is 1.91. The Bertz CT molecular complexity index is 672. The summed E-state index contributed by atoms with van der Waals surface area (Å²) in [5, 5.41) is 5.07. The highest BCUT2D eigenvalue weighted by molar-refractivity contribution is 6.30. The molecule has 22 heavy (non-hydrogen) atoms. The predicted octanol–water partition coefficient (Wildman–Crippen LogP) is 3.91. The molecule has 0 saturated heterocycles. The van der Waals surface area contributed by atoms with E-state index in [4.69, 9.17) is 27.9 Å². The summed E-state index contributed by atoms with van der Waals surface area (Å²) in [7, 11) is 0. The van der Waals surface area contributed by atoms with Crippen molar-refractivity contribution >= 4 is 35.3 Å². The Hall–Kier alpha value is -2.04. The van der Waals surface area contributed by atoms with Crippen molar-refractivity contribution in [1.29, 1.82) is 0 Å². The second-order valence-electron chi connectivity index (χ2n) is 4.50. The van der Waals surface area contributed by atoms with Crippen molar-refractivity contribution in [1.82, 2.24) is 5.43 Å². The molecule has 0 aliphatic heterocycles. The molecule has 1 N–H and O–H groups in total. The first kappa shape index (κ1) is 16.3. The lowest BCUT2D eigenvalue weighted by atomic mass is 10.2. The molecule has 0 aromatic heterocycles. The van der Waals surface area contributed by atoms with E-state index in [9.17, 15) is 4.79 Å². The minimum atomic E-state index is -0.694. The topological polar surface area (TPSA) is 50.7 Å². The van der Waals surface area contributed by atoms with Gasteiger partial charge in [0.2, 0.25) is 0 Å². The Morgan fingerprint density at radius 2 is 1.91 bits per heavy atom. The molecule has 1 amide bonds. The van der Waals surface area contributed by atoms with Crippen molar-refractivity contribution in [2.45, 2.75) is 13.0 Å². The molecule has 0 heterocycles. The summed E-state index contributed by atoms with van der Waals surface area (Å²) in [6.45, 7) is 1.63. The molecule has 0 fully saturated rings. The van der Waals surface area contributed by atoms with Gasteiger partial charge in [0, 0.05) is 10.0 Å². The van der Waals surface area contributed by atoms with Gasteiger partial charge in [-0.1, -0.05) is 41.4 Å². The summed E-state index contributed by atoms with van der Waals surface area (Å²) in [6, 6.07) is 13.9. The van der Waals surface area contributed by atoms with Crippen LogP contribution in [-0.2, 0) is 4.79 Å². The van der Waals surface area contributed by atoms with Crippen LogP contribution in [0.3, 0.4) is 0 Å². The van der Waals surface area contributed by atoms with Crippen molar-refractivity contribution in [3.8, 4) is 5.75 Å². The van der Waals surface area contributed by atoms with Crippen molar-refractivity contribution in [2.75, 3.05) is 0 Å². The van der Waals surface area contributed by atoms with Gasteiger partial charge in [-0.25, -0.2) is 5.43 Å². The quantitative estimate of drug-likeness (QED) is 0.664. The number of hydrazone groups is 1. The van der Waals surface area contributed by atoms with E-state index in [1.54, 1.807) is 55.5 Å². The molecule has 2 rings (SSSR count). The smallest absolute Gasteiger partial charge is 0.280 e. The molecular formula is C16H14Cl2N2O2. The van der Waals surface area contributed by atoms with E-state index in [2.05, 4.69) is 10.5 Å². The fourth-order valence-electron chi connectivity index (χ4n) is 1.61. The number of ether oxygens (including phenoxy) is 1. The molecule has 0 saturated carbocycles. The molecular weight excluding hydrogens is 323 g/mol. The standard InChI is InChI=1S/C16H14Cl2N2O2/c1-11(22-15-4-2-3-14(18)9-15)16(21)20-19-10-12-5-7-13(17)8-6-12/h2-11H,1H3,(H,20,21)/b19-10+. The Balaban J connectivity index is 1.87. The first-order valence-electron chi connectivity index (χ1n) is 6.55. The Labute approximate surface area is 138 Å². The molecule has 2 aromatic carbocycles. The summed E-state index contributed by atoms with van der Waals surface area (Å²) < 4.78 is 5.49. The maximum Gasteiger partial charge on any atom is 0.280 e. The van der Waals surface area contributed by atoms with E-state index in [0.717, 1.165) is 5.56 Å². The monoisotopic (exact) mass is 336 g/mol. The van der Waals surface area contributed by atoms with Gasteiger partial charge in [-0.15, -0.1) is 0 Å². The minimum absolute atomic E-state index is 0.356. The Morgan fingerprint density at radius 1 is 1.18 bits per heavy atom. The van der Waals surface area contributed by atoms with Crippen LogP contribution in [0.25, 0.3) is 0 Å². The SMILES string of the molecule is CC(Oc1cccc(Cl)c1)C(=O)N/N=C/c1ccc(Cl)cc1. The summed E-state index contributed by atoms with van der Waals surface area (Å²) >= 11 is 11.6. The van der Waals surface area contributed by atoms with Crippen LogP contribution in [0.15, 0.2) is 53.6 Å². The van der Waals surface area contributed by atoms with Crippen molar-refractivity contribution in [3.63, 3.8) is 0 Å². The van der Waals surface area contributed by atoms with Gasteiger partial charge in [0.15, 0.2) is 6.10 Å². The molecule has 2 aromatic rings. The highest BCUT2D eigenvalue weighted by Gasteiger charge is 2.13. The highest BCUT2D eigenvalue weighted by atomic mass is 35.5. The van der Waals surface area contributed by atoms with E-state index in [1.165, 1.54) is 6.21 Å². The van der Waals surface area contributed by atoms with E-state index in [1.807, 2.05) is 0 Å². The number of benzene rings is 2. The molecule has 1 unspecified atom stereocenters. The van der Waals surface area contributed by atoms with Gasteiger partial charge in [-0.2, -0.15) is 5.10 Å². The van der Waals surface area contributed by atoms with Gasteiger partial charge in [0.05, 0.1) is 6.21 Å². The normalized spacial score (nSPS) is 12.1. The van der Waals surface area contributed by atoms with E-state index in [0.29, 0.717) is 15.8 Å². The molecule has 0 bridgehead atoms.